The number of rotatable bonds is 9. The minimum Gasteiger partial charge on any atom is -0.495 e. The lowest BCUT2D eigenvalue weighted by atomic mass is 10.2. The summed E-state index contributed by atoms with van der Waals surface area (Å²) in [5, 5.41) is 2.89. The molecule has 0 unspecified atom stereocenters. The number of benzene rings is 2. The monoisotopic (exact) mass is 343 g/mol. The topological polar surface area (TPSA) is 56.8 Å². The van der Waals surface area contributed by atoms with Gasteiger partial charge in [-0.15, -0.1) is 0 Å². The molecule has 0 heterocycles. The van der Waals surface area contributed by atoms with Gasteiger partial charge in [0.2, 0.25) is 5.91 Å². The van der Waals surface area contributed by atoms with Gasteiger partial charge in [-0.2, -0.15) is 0 Å². The van der Waals surface area contributed by atoms with Crippen molar-refractivity contribution >= 4 is 11.6 Å². The van der Waals surface area contributed by atoms with Crippen molar-refractivity contribution in [3.63, 3.8) is 0 Å². The SMILES string of the molecule is CCOc1ccc(OCCCC(=O)Nc2cc(C)ccc2OC)cc1. The molecule has 0 aliphatic carbocycles. The lowest BCUT2D eigenvalue weighted by Crippen LogP contribution is -2.13. The van der Waals surface area contributed by atoms with Gasteiger partial charge in [-0.3, -0.25) is 4.79 Å². The molecular weight excluding hydrogens is 318 g/mol. The zero-order chi connectivity index (χ0) is 18.1. The molecule has 0 aliphatic rings. The van der Waals surface area contributed by atoms with Crippen LogP contribution in [0.5, 0.6) is 17.2 Å². The molecule has 2 rings (SSSR count). The third-order valence-corrected chi connectivity index (χ3v) is 3.58. The molecule has 0 atom stereocenters. The highest BCUT2D eigenvalue weighted by Crippen LogP contribution is 2.25. The molecule has 1 N–H and O–H groups in total. The summed E-state index contributed by atoms with van der Waals surface area (Å²) in [5.74, 6) is 2.19. The number of hydrogen-bond acceptors (Lipinski definition) is 4. The van der Waals surface area contributed by atoms with Gasteiger partial charge >= 0.3 is 0 Å². The highest BCUT2D eigenvalue weighted by molar-refractivity contribution is 5.92. The fourth-order valence-corrected chi connectivity index (χ4v) is 2.35. The molecule has 0 saturated heterocycles. The van der Waals surface area contributed by atoms with E-state index in [1.54, 1.807) is 7.11 Å². The maximum Gasteiger partial charge on any atom is 0.224 e. The van der Waals surface area contributed by atoms with Crippen molar-refractivity contribution in [3.8, 4) is 17.2 Å². The lowest BCUT2D eigenvalue weighted by Gasteiger charge is -2.11. The van der Waals surface area contributed by atoms with Crippen molar-refractivity contribution in [2.75, 3.05) is 25.6 Å². The summed E-state index contributed by atoms with van der Waals surface area (Å²) in [6.07, 6.45) is 1.02. The van der Waals surface area contributed by atoms with Crippen molar-refractivity contribution in [2.45, 2.75) is 26.7 Å². The fourth-order valence-electron chi connectivity index (χ4n) is 2.35. The first-order chi connectivity index (χ1) is 12.1. The van der Waals surface area contributed by atoms with Gasteiger partial charge in [0, 0.05) is 6.42 Å². The van der Waals surface area contributed by atoms with Crippen LogP contribution in [0.15, 0.2) is 42.5 Å². The number of nitrogens with one attached hydrogen (secondary N) is 1. The molecule has 2 aromatic rings. The Hall–Kier alpha value is -2.69. The molecule has 0 spiro atoms. The summed E-state index contributed by atoms with van der Waals surface area (Å²) < 4.78 is 16.3. The van der Waals surface area contributed by atoms with E-state index < -0.39 is 0 Å². The van der Waals surface area contributed by atoms with Crippen molar-refractivity contribution < 1.29 is 19.0 Å². The van der Waals surface area contributed by atoms with Crippen LogP contribution in [0.3, 0.4) is 0 Å². The molecule has 0 aromatic heterocycles. The Balaban J connectivity index is 1.74. The molecule has 25 heavy (non-hydrogen) atoms. The van der Waals surface area contributed by atoms with E-state index in [9.17, 15) is 4.79 Å². The lowest BCUT2D eigenvalue weighted by molar-refractivity contribution is -0.116. The highest BCUT2D eigenvalue weighted by atomic mass is 16.5. The molecule has 0 aliphatic heterocycles. The van der Waals surface area contributed by atoms with Crippen LogP contribution < -0.4 is 19.5 Å². The molecule has 0 fully saturated rings. The third kappa shape index (κ3) is 6.03. The van der Waals surface area contributed by atoms with Crippen molar-refractivity contribution in [2.24, 2.45) is 0 Å². The highest BCUT2D eigenvalue weighted by Gasteiger charge is 2.08. The number of carbonyl (C=O) groups excluding carboxylic acids is 1. The molecule has 1 amide bonds. The summed E-state index contributed by atoms with van der Waals surface area (Å²) >= 11 is 0. The van der Waals surface area contributed by atoms with Crippen LogP contribution in [0.4, 0.5) is 5.69 Å². The van der Waals surface area contributed by atoms with Crippen LogP contribution in [-0.2, 0) is 4.79 Å². The van der Waals surface area contributed by atoms with E-state index in [-0.39, 0.29) is 5.91 Å². The van der Waals surface area contributed by atoms with Crippen LogP contribution in [0, 0.1) is 6.92 Å². The van der Waals surface area contributed by atoms with Crippen LogP contribution in [-0.4, -0.2) is 26.2 Å². The van der Waals surface area contributed by atoms with Gasteiger partial charge in [0.1, 0.15) is 17.2 Å². The predicted octanol–water partition coefficient (Wildman–Crippen LogP) is 4.20. The van der Waals surface area contributed by atoms with Crippen molar-refractivity contribution in [1.29, 1.82) is 0 Å². The Labute approximate surface area is 148 Å². The van der Waals surface area contributed by atoms with E-state index in [1.807, 2.05) is 56.3 Å². The molecule has 0 saturated carbocycles. The summed E-state index contributed by atoms with van der Waals surface area (Å²) in [4.78, 5) is 12.1. The first-order valence-corrected chi connectivity index (χ1v) is 8.42. The summed E-state index contributed by atoms with van der Waals surface area (Å²) in [5.41, 5.74) is 1.76. The van der Waals surface area contributed by atoms with Crippen molar-refractivity contribution in [3.05, 3.63) is 48.0 Å². The molecule has 0 radical (unpaired) electrons. The second-order valence-electron chi connectivity index (χ2n) is 5.61. The van der Waals surface area contributed by atoms with Crippen LogP contribution in [0.25, 0.3) is 0 Å². The summed E-state index contributed by atoms with van der Waals surface area (Å²) in [6, 6.07) is 13.2. The molecule has 5 heteroatoms. The van der Waals surface area contributed by atoms with Gasteiger partial charge in [0.15, 0.2) is 0 Å². The summed E-state index contributed by atoms with van der Waals surface area (Å²) in [6.45, 7) is 5.04. The van der Waals surface area contributed by atoms with Gasteiger partial charge in [-0.25, -0.2) is 0 Å². The Bertz CT molecular complexity index is 683. The van der Waals surface area contributed by atoms with Crippen LogP contribution in [0.1, 0.15) is 25.3 Å². The smallest absolute Gasteiger partial charge is 0.224 e. The van der Waals surface area contributed by atoms with E-state index >= 15 is 0 Å². The average molecular weight is 343 g/mol. The number of methoxy groups -OCH3 is 1. The largest absolute Gasteiger partial charge is 0.495 e. The molecular formula is C20H25NO4. The first kappa shape index (κ1) is 18.6. The number of carbonyl (C=O) groups is 1. The Morgan fingerprint density at radius 2 is 1.72 bits per heavy atom. The molecule has 0 bridgehead atoms. The molecule has 134 valence electrons. The maximum absolute atomic E-state index is 12.1. The first-order valence-electron chi connectivity index (χ1n) is 8.42. The maximum atomic E-state index is 12.1. The second-order valence-corrected chi connectivity index (χ2v) is 5.61. The Morgan fingerprint density at radius 3 is 2.36 bits per heavy atom. The van der Waals surface area contributed by atoms with E-state index in [2.05, 4.69) is 5.32 Å². The Morgan fingerprint density at radius 1 is 1.04 bits per heavy atom. The second kappa shape index (κ2) is 9.57. The van der Waals surface area contributed by atoms with E-state index in [1.165, 1.54) is 0 Å². The van der Waals surface area contributed by atoms with Gasteiger partial charge < -0.3 is 19.5 Å². The van der Waals surface area contributed by atoms with Crippen LogP contribution >= 0.6 is 0 Å². The van der Waals surface area contributed by atoms with Gasteiger partial charge in [-0.1, -0.05) is 6.07 Å². The fraction of sp³-hybridized carbons (Fsp3) is 0.350. The van der Waals surface area contributed by atoms with E-state index in [4.69, 9.17) is 14.2 Å². The number of amides is 1. The minimum atomic E-state index is -0.0563. The van der Waals surface area contributed by atoms with E-state index in [0.29, 0.717) is 37.5 Å². The minimum absolute atomic E-state index is 0.0563. The number of ether oxygens (including phenoxy) is 3. The Kier molecular flexibility index (Phi) is 7.14. The van der Waals surface area contributed by atoms with Crippen LogP contribution in [0.2, 0.25) is 0 Å². The van der Waals surface area contributed by atoms with Gasteiger partial charge in [0.25, 0.3) is 0 Å². The normalized spacial score (nSPS) is 10.2. The molecule has 5 nitrogen and oxygen atoms in total. The van der Waals surface area contributed by atoms with Gasteiger partial charge in [-0.05, 0) is 62.2 Å². The molecule has 2 aromatic carbocycles. The average Bonchev–Trinajstić information content (AvgIpc) is 2.60. The predicted molar refractivity (Wildman–Crippen MR) is 98.7 cm³/mol. The number of anilines is 1. The zero-order valence-corrected chi connectivity index (χ0v) is 15.0. The zero-order valence-electron chi connectivity index (χ0n) is 15.0. The quantitative estimate of drug-likeness (QED) is 0.693. The van der Waals surface area contributed by atoms with Gasteiger partial charge in [0.05, 0.1) is 26.0 Å². The number of hydrogen-bond donors (Lipinski definition) is 1. The number of aryl methyl sites for hydroxylation is 1. The van der Waals surface area contributed by atoms with E-state index in [0.717, 1.165) is 17.1 Å². The summed E-state index contributed by atoms with van der Waals surface area (Å²) in [7, 11) is 1.59. The third-order valence-electron chi connectivity index (χ3n) is 3.58. The van der Waals surface area contributed by atoms with Crippen molar-refractivity contribution in [1.82, 2.24) is 0 Å². The standard InChI is InChI=1S/C20H25NO4/c1-4-24-16-8-10-17(11-9-16)25-13-5-6-20(22)21-18-14-15(2)7-12-19(18)23-3/h7-12,14H,4-6,13H2,1-3H3,(H,21,22).